The van der Waals surface area contributed by atoms with E-state index in [1.54, 1.807) is 0 Å². The molecule has 0 amide bonds. The van der Waals surface area contributed by atoms with E-state index >= 15 is 0 Å². The molecule has 0 spiro atoms. The number of hydrogen-bond acceptors (Lipinski definition) is 6. The Morgan fingerprint density at radius 2 is 2.14 bits per heavy atom. The number of fused-ring (bicyclic) bond motifs is 2. The van der Waals surface area contributed by atoms with Crippen molar-refractivity contribution >= 4 is 16.9 Å². The van der Waals surface area contributed by atoms with Gasteiger partial charge in [0.2, 0.25) is 0 Å². The Balaban J connectivity index is 1.75. The summed E-state index contributed by atoms with van der Waals surface area (Å²) in [6.07, 6.45) is 4.67. The summed E-state index contributed by atoms with van der Waals surface area (Å²) in [6, 6.07) is 4.34. The van der Waals surface area contributed by atoms with E-state index in [-0.39, 0.29) is 5.54 Å². The maximum absolute atomic E-state index is 5.67. The SMILES string of the molecule is C[C@@H]1COCCN1c1nc(-c2ccnc3[nH]ccc23)nc2c1CCNC2(C)C. The second-order valence-electron chi connectivity index (χ2n) is 8.22. The number of anilines is 1. The van der Waals surface area contributed by atoms with E-state index in [4.69, 9.17) is 14.7 Å². The minimum absolute atomic E-state index is 0.195. The van der Waals surface area contributed by atoms with E-state index in [0.29, 0.717) is 6.04 Å². The van der Waals surface area contributed by atoms with Crippen LogP contribution in [-0.2, 0) is 16.7 Å². The first-order valence-electron chi connectivity index (χ1n) is 9.98. The Hall–Kier alpha value is -2.51. The molecular weight excluding hydrogens is 352 g/mol. The van der Waals surface area contributed by atoms with Crippen molar-refractivity contribution in [2.75, 3.05) is 31.2 Å². The van der Waals surface area contributed by atoms with Gasteiger partial charge in [-0.25, -0.2) is 15.0 Å². The molecule has 0 bridgehead atoms. The van der Waals surface area contributed by atoms with Crippen LogP contribution in [0.15, 0.2) is 24.5 Å². The predicted octanol–water partition coefficient (Wildman–Crippen LogP) is 2.63. The van der Waals surface area contributed by atoms with Crippen molar-refractivity contribution in [3.8, 4) is 11.4 Å². The molecule has 0 unspecified atom stereocenters. The van der Waals surface area contributed by atoms with Crippen molar-refractivity contribution in [2.24, 2.45) is 0 Å². The minimum Gasteiger partial charge on any atom is -0.377 e. The number of nitrogens with zero attached hydrogens (tertiary/aromatic N) is 4. The molecule has 7 nitrogen and oxygen atoms in total. The smallest absolute Gasteiger partial charge is 0.162 e. The summed E-state index contributed by atoms with van der Waals surface area (Å²) in [4.78, 5) is 20.2. The molecule has 5 heterocycles. The fourth-order valence-electron chi connectivity index (χ4n) is 4.36. The average Bonchev–Trinajstić information content (AvgIpc) is 3.17. The number of rotatable bonds is 2. The number of hydrogen-bond donors (Lipinski definition) is 2. The lowest BCUT2D eigenvalue weighted by atomic mass is 9.89. The molecule has 5 rings (SSSR count). The van der Waals surface area contributed by atoms with Crippen LogP contribution in [0.2, 0.25) is 0 Å². The summed E-state index contributed by atoms with van der Waals surface area (Å²) >= 11 is 0. The zero-order valence-corrected chi connectivity index (χ0v) is 16.6. The number of morpholine rings is 1. The van der Waals surface area contributed by atoms with Crippen molar-refractivity contribution in [1.29, 1.82) is 0 Å². The predicted molar refractivity (Wildman–Crippen MR) is 109 cm³/mol. The number of aromatic nitrogens is 4. The molecule has 7 heteroatoms. The van der Waals surface area contributed by atoms with Gasteiger partial charge in [0.05, 0.1) is 30.5 Å². The molecule has 2 aliphatic rings. The molecule has 28 heavy (non-hydrogen) atoms. The van der Waals surface area contributed by atoms with Crippen molar-refractivity contribution in [3.63, 3.8) is 0 Å². The van der Waals surface area contributed by atoms with Crippen LogP contribution in [0.4, 0.5) is 5.82 Å². The van der Waals surface area contributed by atoms with Crippen LogP contribution in [-0.4, -0.2) is 52.3 Å². The van der Waals surface area contributed by atoms with Crippen LogP contribution in [0.25, 0.3) is 22.4 Å². The van der Waals surface area contributed by atoms with E-state index in [9.17, 15) is 0 Å². The number of H-pyrrole nitrogens is 1. The van der Waals surface area contributed by atoms with Crippen LogP contribution in [0.1, 0.15) is 32.0 Å². The van der Waals surface area contributed by atoms with Crippen molar-refractivity contribution in [2.45, 2.75) is 38.8 Å². The van der Waals surface area contributed by atoms with Crippen molar-refractivity contribution in [3.05, 3.63) is 35.8 Å². The van der Waals surface area contributed by atoms with Gasteiger partial charge in [-0.2, -0.15) is 0 Å². The number of nitrogens with one attached hydrogen (secondary N) is 2. The standard InChI is InChI=1S/C21H26N6O/c1-13-12-28-11-10-27(13)20-16-6-9-24-21(2,3)17(16)25-19(26-20)15-5-8-23-18-14(15)4-7-22-18/h4-5,7-8,13,24H,6,9-12H2,1-3H3,(H,22,23)/t13-/m1/s1. The van der Waals surface area contributed by atoms with E-state index < -0.39 is 0 Å². The van der Waals surface area contributed by atoms with Gasteiger partial charge in [0, 0.05) is 42.0 Å². The third-order valence-electron chi connectivity index (χ3n) is 5.86. The lowest BCUT2D eigenvalue weighted by Crippen LogP contribution is -2.48. The van der Waals surface area contributed by atoms with Gasteiger partial charge < -0.3 is 19.9 Å². The summed E-state index contributed by atoms with van der Waals surface area (Å²) in [5, 5.41) is 4.66. The Morgan fingerprint density at radius 3 is 3.00 bits per heavy atom. The van der Waals surface area contributed by atoms with E-state index in [2.05, 4.69) is 41.0 Å². The van der Waals surface area contributed by atoms with Crippen molar-refractivity contribution < 1.29 is 4.74 Å². The fraction of sp³-hybridized carbons (Fsp3) is 0.476. The summed E-state index contributed by atoms with van der Waals surface area (Å²) in [5.41, 5.74) is 4.04. The van der Waals surface area contributed by atoms with Gasteiger partial charge in [-0.3, -0.25) is 0 Å². The normalized spacial score (nSPS) is 21.7. The molecule has 0 saturated carbocycles. The first-order valence-corrected chi connectivity index (χ1v) is 9.98. The zero-order valence-electron chi connectivity index (χ0n) is 16.6. The molecule has 0 aliphatic carbocycles. The highest BCUT2D eigenvalue weighted by molar-refractivity contribution is 5.91. The van der Waals surface area contributed by atoms with Gasteiger partial charge in [0.25, 0.3) is 0 Å². The average molecular weight is 378 g/mol. The highest BCUT2D eigenvalue weighted by Gasteiger charge is 2.34. The van der Waals surface area contributed by atoms with Gasteiger partial charge in [0.1, 0.15) is 11.5 Å². The van der Waals surface area contributed by atoms with Gasteiger partial charge in [-0.05, 0) is 39.3 Å². The van der Waals surface area contributed by atoms with Crippen LogP contribution >= 0.6 is 0 Å². The number of aromatic amines is 1. The Morgan fingerprint density at radius 1 is 1.25 bits per heavy atom. The van der Waals surface area contributed by atoms with Crippen LogP contribution in [0.3, 0.4) is 0 Å². The molecule has 1 atom stereocenters. The molecule has 0 aromatic carbocycles. The third-order valence-corrected chi connectivity index (χ3v) is 5.86. The van der Waals surface area contributed by atoms with Crippen molar-refractivity contribution in [1.82, 2.24) is 25.3 Å². The van der Waals surface area contributed by atoms with E-state index in [1.165, 1.54) is 5.56 Å². The van der Waals surface area contributed by atoms with Crippen LogP contribution < -0.4 is 10.2 Å². The number of ether oxygens (including phenoxy) is 1. The Kier molecular flexibility index (Phi) is 4.10. The summed E-state index contributed by atoms with van der Waals surface area (Å²) in [5.74, 6) is 1.82. The second kappa shape index (κ2) is 6.53. The molecule has 3 aromatic rings. The summed E-state index contributed by atoms with van der Waals surface area (Å²) < 4.78 is 5.67. The van der Waals surface area contributed by atoms with Gasteiger partial charge >= 0.3 is 0 Å². The van der Waals surface area contributed by atoms with Gasteiger partial charge in [-0.15, -0.1) is 0 Å². The molecular formula is C21H26N6O. The molecule has 2 N–H and O–H groups in total. The van der Waals surface area contributed by atoms with Gasteiger partial charge in [0.15, 0.2) is 5.82 Å². The van der Waals surface area contributed by atoms with Crippen LogP contribution in [0, 0.1) is 0 Å². The highest BCUT2D eigenvalue weighted by atomic mass is 16.5. The largest absolute Gasteiger partial charge is 0.377 e. The topological polar surface area (TPSA) is 79.0 Å². The lowest BCUT2D eigenvalue weighted by molar-refractivity contribution is 0.0983. The number of pyridine rings is 1. The molecule has 0 radical (unpaired) electrons. The second-order valence-corrected chi connectivity index (χ2v) is 8.22. The first kappa shape index (κ1) is 17.6. The van der Waals surface area contributed by atoms with E-state index in [0.717, 1.165) is 66.7 Å². The molecule has 1 saturated heterocycles. The van der Waals surface area contributed by atoms with Crippen LogP contribution in [0.5, 0.6) is 0 Å². The molecule has 3 aromatic heterocycles. The quantitative estimate of drug-likeness (QED) is 0.714. The zero-order chi connectivity index (χ0) is 19.3. The summed E-state index contributed by atoms with van der Waals surface area (Å²) in [7, 11) is 0. The minimum atomic E-state index is -0.195. The highest BCUT2D eigenvalue weighted by Crippen LogP contribution is 2.36. The molecule has 1 fully saturated rings. The van der Waals surface area contributed by atoms with Gasteiger partial charge in [-0.1, -0.05) is 0 Å². The fourth-order valence-corrected chi connectivity index (χ4v) is 4.36. The third kappa shape index (κ3) is 2.77. The summed E-state index contributed by atoms with van der Waals surface area (Å²) in [6.45, 7) is 9.86. The van der Waals surface area contributed by atoms with E-state index in [1.807, 2.05) is 24.5 Å². The molecule has 2 aliphatic heterocycles. The maximum Gasteiger partial charge on any atom is 0.162 e. The Bertz CT molecular complexity index is 1030. The first-order chi connectivity index (χ1) is 13.5. The maximum atomic E-state index is 5.67. The monoisotopic (exact) mass is 378 g/mol. The lowest BCUT2D eigenvalue weighted by Gasteiger charge is -2.39. The Labute approximate surface area is 164 Å². The molecule has 146 valence electrons.